The van der Waals surface area contributed by atoms with Crippen LogP contribution in [0.3, 0.4) is 0 Å². The maximum Gasteiger partial charge on any atom is 0.248 e. The molecule has 2 aromatic rings. The van der Waals surface area contributed by atoms with E-state index in [1.54, 1.807) is 7.11 Å². The smallest absolute Gasteiger partial charge is 0.248 e. The number of ether oxygens (including phenoxy) is 1. The van der Waals surface area contributed by atoms with Crippen molar-refractivity contribution in [3.8, 4) is 0 Å². The molecule has 0 bridgehead atoms. The van der Waals surface area contributed by atoms with Gasteiger partial charge in [0.2, 0.25) is 5.91 Å². The lowest BCUT2D eigenvalue weighted by Gasteiger charge is -2.06. The van der Waals surface area contributed by atoms with Crippen LogP contribution in [0, 0.1) is 5.92 Å². The van der Waals surface area contributed by atoms with Crippen molar-refractivity contribution in [2.24, 2.45) is 10.9 Å². The van der Waals surface area contributed by atoms with Crippen LogP contribution in [0.4, 0.5) is 0 Å². The van der Waals surface area contributed by atoms with Crippen molar-refractivity contribution in [3.05, 3.63) is 28.0 Å². The van der Waals surface area contributed by atoms with Crippen molar-refractivity contribution < 1.29 is 9.53 Å². The average molecular weight is 367 g/mol. The van der Waals surface area contributed by atoms with Crippen LogP contribution in [-0.2, 0) is 16.1 Å². The minimum atomic E-state index is -0.0225. The summed E-state index contributed by atoms with van der Waals surface area (Å²) in [5.41, 5.74) is 1.05. The van der Waals surface area contributed by atoms with E-state index in [1.807, 2.05) is 22.8 Å². The molecule has 6 heteroatoms. The van der Waals surface area contributed by atoms with Crippen LogP contribution >= 0.6 is 22.9 Å². The van der Waals surface area contributed by atoms with Crippen LogP contribution in [0.2, 0.25) is 5.02 Å². The van der Waals surface area contributed by atoms with E-state index >= 15 is 0 Å². The molecule has 1 fully saturated rings. The van der Waals surface area contributed by atoms with E-state index in [-0.39, 0.29) is 5.91 Å². The molecule has 1 aliphatic carbocycles. The van der Waals surface area contributed by atoms with Gasteiger partial charge in [0.1, 0.15) is 0 Å². The molecule has 0 saturated heterocycles. The zero-order valence-electron chi connectivity index (χ0n) is 14.0. The van der Waals surface area contributed by atoms with Gasteiger partial charge in [0.05, 0.1) is 16.8 Å². The number of carbonyl (C=O) groups excluding carboxylic acids is 1. The Hall–Kier alpha value is -1.17. The number of methoxy groups -OCH3 is 1. The molecule has 1 heterocycles. The van der Waals surface area contributed by atoms with Crippen molar-refractivity contribution in [1.82, 2.24) is 4.57 Å². The fraction of sp³-hybridized carbons (Fsp3) is 0.556. The molecular formula is C18H23ClN2O2S. The number of nitrogens with zero attached hydrogens (tertiary/aromatic N) is 2. The van der Waals surface area contributed by atoms with Crippen molar-refractivity contribution in [1.29, 1.82) is 0 Å². The topological polar surface area (TPSA) is 43.6 Å². The summed E-state index contributed by atoms with van der Waals surface area (Å²) in [5.74, 6) is 0.691. The molecule has 1 aromatic heterocycles. The number of benzene rings is 1. The number of halogens is 1. The lowest BCUT2D eigenvalue weighted by molar-refractivity contribution is -0.118. The molecule has 0 unspecified atom stereocenters. The second kappa shape index (κ2) is 8.28. The molecule has 4 nitrogen and oxygen atoms in total. The summed E-state index contributed by atoms with van der Waals surface area (Å²) in [6, 6.07) is 5.77. The molecule has 0 N–H and O–H groups in total. The van der Waals surface area contributed by atoms with Gasteiger partial charge in [0, 0.05) is 25.1 Å². The molecule has 0 spiro atoms. The molecule has 1 amide bonds. The first-order valence-corrected chi connectivity index (χ1v) is 9.72. The SMILES string of the molecule is COCCn1c(=NC(=O)CCC2CCCC2)sc2cc(Cl)ccc21. The molecule has 1 aliphatic rings. The van der Waals surface area contributed by atoms with E-state index in [1.165, 1.54) is 37.0 Å². The highest BCUT2D eigenvalue weighted by molar-refractivity contribution is 7.16. The predicted molar refractivity (Wildman–Crippen MR) is 98.5 cm³/mol. The minimum Gasteiger partial charge on any atom is -0.383 e. The third kappa shape index (κ3) is 4.26. The van der Waals surface area contributed by atoms with Crippen LogP contribution in [0.15, 0.2) is 23.2 Å². The number of hydrogen-bond acceptors (Lipinski definition) is 3. The lowest BCUT2D eigenvalue weighted by atomic mass is 10.0. The maximum atomic E-state index is 12.3. The number of thiazole rings is 1. The van der Waals surface area contributed by atoms with Crippen molar-refractivity contribution in [3.63, 3.8) is 0 Å². The fourth-order valence-corrected chi connectivity index (χ4v) is 4.67. The first-order chi connectivity index (χ1) is 11.7. The second-order valence-corrected chi connectivity index (χ2v) is 7.78. The standard InChI is InChI=1S/C18H23ClN2O2S/c1-23-11-10-21-15-8-7-14(19)12-16(15)24-18(21)20-17(22)9-6-13-4-2-3-5-13/h7-8,12-13H,2-6,9-11H2,1H3. The van der Waals surface area contributed by atoms with Crippen molar-refractivity contribution >= 4 is 39.1 Å². The Bertz CT molecular complexity index is 775. The van der Waals surface area contributed by atoms with Gasteiger partial charge in [-0.1, -0.05) is 48.6 Å². The predicted octanol–water partition coefficient (Wildman–Crippen LogP) is 4.40. The second-order valence-electron chi connectivity index (χ2n) is 6.34. The van der Waals surface area contributed by atoms with Gasteiger partial charge < -0.3 is 9.30 Å². The normalized spacial score (nSPS) is 16.3. The quantitative estimate of drug-likeness (QED) is 0.760. The summed E-state index contributed by atoms with van der Waals surface area (Å²) in [5, 5.41) is 0.696. The van der Waals surface area contributed by atoms with E-state index in [0.717, 1.165) is 21.4 Å². The Morgan fingerprint density at radius 1 is 1.42 bits per heavy atom. The highest BCUT2D eigenvalue weighted by atomic mass is 35.5. The van der Waals surface area contributed by atoms with Gasteiger partial charge in [0.25, 0.3) is 0 Å². The van der Waals surface area contributed by atoms with Gasteiger partial charge in [-0.05, 0) is 30.5 Å². The van der Waals surface area contributed by atoms with Crippen LogP contribution in [0.5, 0.6) is 0 Å². The summed E-state index contributed by atoms with van der Waals surface area (Å²) in [6.45, 7) is 1.25. The molecule has 1 aromatic carbocycles. The Morgan fingerprint density at radius 2 is 2.21 bits per heavy atom. The van der Waals surface area contributed by atoms with Crippen LogP contribution in [0.25, 0.3) is 10.2 Å². The molecule has 1 saturated carbocycles. The van der Waals surface area contributed by atoms with Gasteiger partial charge in [-0.15, -0.1) is 0 Å². The van der Waals surface area contributed by atoms with E-state index in [2.05, 4.69) is 4.99 Å². The van der Waals surface area contributed by atoms with Gasteiger partial charge in [-0.2, -0.15) is 4.99 Å². The first kappa shape index (κ1) is 17.6. The fourth-order valence-electron chi connectivity index (χ4n) is 3.32. The molecule has 0 radical (unpaired) electrons. The molecule has 3 rings (SSSR count). The summed E-state index contributed by atoms with van der Waals surface area (Å²) < 4.78 is 8.29. The minimum absolute atomic E-state index is 0.0225. The lowest BCUT2D eigenvalue weighted by Crippen LogP contribution is -2.19. The summed E-state index contributed by atoms with van der Waals surface area (Å²) >= 11 is 7.60. The monoisotopic (exact) mass is 366 g/mol. The van der Waals surface area contributed by atoms with E-state index < -0.39 is 0 Å². The summed E-state index contributed by atoms with van der Waals surface area (Å²) in [7, 11) is 1.68. The molecular weight excluding hydrogens is 344 g/mol. The number of aromatic nitrogens is 1. The molecule has 0 atom stereocenters. The van der Waals surface area contributed by atoms with Gasteiger partial charge >= 0.3 is 0 Å². The summed E-state index contributed by atoms with van der Waals surface area (Å²) in [4.78, 5) is 17.4. The highest BCUT2D eigenvalue weighted by Crippen LogP contribution is 2.28. The third-order valence-electron chi connectivity index (χ3n) is 4.63. The largest absolute Gasteiger partial charge is 0.383 e. The Balaban J connectivity index is 1.83. The number of rotatable bonds is 6. The van der Waals surface area contributed by atoms with Crippen LogP contribution < -0.4 is 4.80 Å². The number of carbonyl (C=O) groups is 1. The van der Waals surface area contributed by atoms with E-state index in [0.29, 0.717) is 30.5 Å². The Labute approximate surface area is 151 Å². The highest BCUT2D eigenvalue weighted by Gasteiger charge is 2.16. The molecule has 24 heavy (non-hydrogen) atoms. The van der Waals surface area contributed by atoms with Gasteiger partial charge in [-0.25, -0.2) is 0 Å². The van der Waals surface area contributed by atoms with Crippen molar-refractivity contribution in [2.45, 2.75) is 45.1 Å². The number of amides is 1. The van der Waals surface area contributed by atoms with Gasteiger partial charge in [-0.3, -0.25) is 4.79 Å². The molecule has 0 aliphatic heterocycles. The number of hydrogen-bond donors (Lipinski definition) is 0. The first-order valence-electron chi connectivity index (χ1n) is 8.53. The Kier molecular flexibility index (Phi) is 6.09. The zero-order valence-corrected chi connectivity index (χ0v) is 15.5. The van der Waals surface area contributed by atoms with Crippen molar-refractivity contribution in [2.75, 3.05) is 13.7 Å². The third-order valence-corrected chi connectivity index (χ3v) is 5.90. The van der Waals surface area contributed by atoms with Gasteiger partial charge in [0.15, 0.2) is 4.80 Å². The van der Waals surface area contributed by atoms with E-state index in [9.17, 15) is 4.79 Å². The zero-order chi connectivity index (χ0) is 16.9. The average Bonchev–Trinajstić information content (AvgIpc) is 3.18. The Morgan fingerprint density at radius 3 is 2.96 bits per heavy atom. The van der Waals surface area contributed by atoms with Crippen LogP contribution in [-0.4, -0.2) is 24.2 Å². The summed E-state index contributed by atoms with van der Waals surface area (Å²) in [6.07, 6.45) is 6.67. The molecule has 130 valence electrons. The number of fused-ring (bicyclic) bond motifs is 1. The maximum absolute atomic E-state index is 12.3. The van der Waals surface area contributed by atoms with E-state index in [4.69, 9.17) is 16.3 Å². The van der Waals surface area contributed by atoms with Crippen LogP contribution in [0.1, 0.15) is 38.5 Å².